The van der Waals surface area contributed by atoms with Crippen LogP contribution in [0, 0.1) is 6.92 Å². The molecule has 0 spiro atoms. The number of methoxy groups -OCH3 is 1. The van der Waals surface area contributed by atoms with Gasteiger partial charge in [0.15, 0.2) is 0 Å². The number of H-pyrrole nitrogens is 1. The van der Waals surface area contributed by atoms with Crippen LogP contribution in [0.1, 0.15) is 22.4 Å². The lowest BCUT2D eigenvalue weighted by Gasteiger charge is -2.08. The van der Waals surface area contributed by atoms with Gasteiger partial charge in [-0.05, 0) is 41.8 Å². The van der Waals surface area contributed by atoms with Crippen molar-refractivity contribution in [1.29, 1.82) is 0 Å². The van der Waals surface area contributed by atoms with Gasteiger partial charge in [0.1, 0.15) is 0 Å². The second-order valence-electron chi connectivity index (χ2n) is 6.12. The summed E-state index contributed by atoms with van der Waals surface area (Å²) in [4.78, 5) is 15.8. The minimum atomic E-state index is 0.0149. The Balaban J connectivity index is 1.68. The first kappa shape index (κ1) is 17.7. The number of amides is 1. The fourth-order valence-corrected chi connectivity index (χ4v) is 3.36. The van der Waals surface area contributed by atoms with Crippen LogP contribution in [0.2, 0.25) is 0 Å². The van der Waals surface area contributed by atoms with Crippen LogP contribution in [0.3, 0.4) is 0 Å². The van der Waals surface area contributed by atoms with Crippen LogP contribution in [-0.2, 0) is 29.1 Å². The van der Waals surface area contributed by atoms with Crippen LogP contribution < -0.4 is 5.32 Å². The third-order valence-electron chi connectivity index (χ3n) is 4.21. The van der Waals surface area contributed by atoms with E-state index in [4.69, 9.17) is 4.74 Å². The van der Waals surface area contributed by atoms with Crippen molar-refractivity contribution in [2.24, 2.45) is 0 Å². The number of aryl methyl sites for hydroxylation is 1. The first-order valence-electron chi connectivity index (χ1n) is 8.17. The third-order valence-corrected chi connectivity index (χ3v) is 4.70. The van der Waals surface area contributed by atoms with E-state index in [-0.39, 0.29) is 5.91 Å². The van der Waals surface area contributed by atoms with Crippen LogP contribution in [0.5, 0.6) is 0 Å². The van der Waals surface area contributed by atoms with Crippen molar-refractivity contribution in [3.8, 4) is 0 Å². The summed E-state index contributed by atoms with van der Waals surface area (Å²) in [7, 11) is 1.68. The zero-order valence-electron chi connectivity index (χ0n) is 14.4. The third kappa shape index (κ3) is 4.30. The molecular weight excluding hydrogens is 380 g/mol. The average molecular weight is 401 g/mol. The lowest BCUT2D eigenvalue weighted by atomic mass is 10.1. The van der Waals surface area contributed by atoms with Gasteiger partial charge in [0, 0.05) is 34.7 Å². The van der Waals surface area contributed by atoms with E-state index in [1.165, 1.54) is 0 Å². The number of hydrogen-bond donors (Lipinski definition) is 2. The highest BCUT2D eigenvalue weighted by molar-refractivity contribution is 9.10. The average Bonchev–Trinajstić information content (AvgIpc) is 2.89. The highest BCUT2D eigenvalue weighted by Crippen LogP contribution is 2.26. The molecule has 0 atom stereocenters. The molecule has 3 rings (SSSR count). The fraction of sp³-hybridized carbons (Fsp3) is 0.250. The molecule has 25 heavy (non-hydrogen) atoms. The molecule has 0 aliphatic rings. The summed E-state index contributed by atoms with van der Waals surface area (Å²) in [5.74, 6) is 0.0149. The second-order valence-corrected chi connectivity index (χ2v) is 7.04. The molecule has 3 aromatic rings. The van der Waals surface area contributed by atoms with Gasteiger partial charge in [-0.2, -0.15) is 0 Å². The van der Waals surface area contributed by atoms with E-state index >= 15 is 0 Å². The molecule has 0 saturated heterocycles. The maximum Gasteiger partial charge on any atom is 0.224 e. The molecule has 1 aromatic heterocycles. The molecular formula is C20H21BrN2O2. The molecule has 1 amide bonds. The molecule has 0 fully saturated rings. The first-order chi connectivity index (χ1) is 12.1. The maximum atomic E-state index is 12.4. The summed E-state index contributed by atoms with van der Waals surface area (Å²) < 4.78 is 6.16. The van der Waals surface area contributed by atoms with Crippen LogP contribution in [-0.4, -0.2) is 18.0 Å². The van der Waals surface area contributed by atoms with Crippen molar-refractivity contribution in [1.82, 2.24) is 10.3 Å². The van der Waals surface area contributed by atoms with Gasteiger partial charge in [0.05, 0.1) is 13.0 Å². The molecule has 5 heteroatoms. The molecule has 0 radical (unpaired) electrons. The summed E-state index contributed by atoms with van der Waals surface area (Å²) >= 11 is 3.50. The van der Waals surface area contributed by atoms with Crippen LogP contribution >= 0.6 is 15.9 Å². The minimum absolute atomic E-state index is 0.0149. The predicted octanol–water partition coefficient (Wildman–Crippen LogP) is 4.24. The Labute approximate surface area is 155 Å². The van der Waals surface area contributed by atoms with Gasteiger partial charge in [-0.15, -0.1) is 0 Å². The van der Waals surface area contributed by atoms with Gasteiger partial charge in [-0.1, -0.05) is 40.2 Å². The van der Waals surface area contributed by atoms with E-state index in [1.807, 2.05) is 37.3 Å². The molecule has 2 aromatic carbocycles. The number of ether oxygens (including phenoxy) is 1. The van der Waals surface area contributed by atoms with Gasteiger partial charge in [-0.3, -0.25) is 4.79 Å². The summed E-state index contributed by atoms with van der Waals surface area (Å²) in [6, 6.07) is 14.1. The molecule has 0 bridgehead atoms. The number of nitrogens with one attached hydrogen (secondary N) is 2. The summed E-state index contributed by atoms with van der Waals surface area (Å²) in [5.41, 5.74) is 5.30. The lowest BCUT2D eigenvalue weighted by molar-refractivity contribution is -0.120. The number of carbonyl (C=O) groups is 1. The van der Waals surface area contributed by atoms with Crippen molar-refractivity contribution in [3.63, 3.8) is 0 Å². The monoisotopic (exact) mass is 400 g/mol. The van der Waals surface area contributed by atoms with Gasteiger partial charge in [0.2, 0.25) is 5.91 Å². The number of hydrogen-bond acceptors (Lipinski definition) is 2. The lowest BCUT2D eigenvalue weighted by Crippen LogP contribution is -2.24. The van der Waals surface area contributed by atoms with E-state index in [9.17, 15) is 4.79 Å². The number of fused-ring (bicyclic) bond motifs is 1. The Morgan fingerprint density at radius 2 is 2.00 bits per heavy atom. The SMILES string of the molecule is COCc1cccc(CNC(=O)Cc2c(C)[nH]c3ccc(Br)cc23)c1. The highest BCUT2D eigenvalue weighted by atomic mass is 79.9. The Hall–Kier alpha value is -2.11. The second kappa shape index (κ2) is 7.85. The Morgan fingerprint density at radius 3 is 2.80 bits per heavy atom. The fourth-order valence-electron chi connectivity index (χ4n) is 3.00. The Bertz CT molecular complexity index is 902. The van der Waals surface area contributed by atoms with Crippen molar-refractivity contribution in [3.05, 3.63) is 69.3 Å². The molecule has 0 aliphatic carbocycles. The van der Waals surface area contributed by atoms with Crippen LogP contribution in [0.4, 0.5) is 0 Å². The Kier molecular flexibility index (Phi) is 5.56. The summed E-state index contributed by atoms with van der Waals surface area (Å²) in [6.07, 6.45) is 0.361. The minimum Gasteiger partial charge on any atom is -0.380 e. The van der Waals surface area contributed by atoms with Crippen molar-refractivity contribution >= 4 is 32.7 Å². The summed E-state index contributed by atoms with van der Waals surface area (Å²) in [5, 5.41) is 4.09. The summed E-state index contributed by atoms with van der Waals surface area (Å²) in [6.45, 7) is 3.09. The zero-order valence-corrected chi connectivity index (χ0v) is 15.9. The molecule has 4 nitrogen and oxygen atoms in total. The maximum absolute atomic E-state index is 12.4. The molecule has 0 unspecified atom stereocenters. The first-order valence-corrected chi connectivity index (χ1v) is 8.96. The van der Waals surface area contributed by atoms with E-state index in [1.54, 1.807) is 7.11 Å². The molecule has 1 heterocycles. The highest BCUT2D eigenvalue weighted by Gasteiger charge is 2.12. The smallest absolute Gasteiger partial charge is 0.224 e. The van der Waals surface area contributed by atoms with E-state index in [0.717, 1.165) is 37.8 Å². The predicted molar refractivity (Wildman–Crippen MR) is 103 cm³/mol. The standard InChI is InChI=1S/C20H21BrN2O2/c1-13-17(18-9-16(21)6-7-19(18)23-13)10-20(24)22-11-14-4-3-5-15(8-14)12-25-2/h3-9,23H,10-12H2,1-2H3,(H,22,24). The topological polar surface area (TPSA) is 54.1 Å². The van der Waals surface area contributed by atoms with Gasteiger partial charge in [-0.25, -0.2) is 0 Å². The van der Waals surface area contributed by atoms with E-state index in [0.29, 0.717) is 19.6 Å². The number of halogens is 1. The van der Waals surface area contributed by atoms with Crippen molar-refractivity contribution < 1.29 is 9.53 Å². The number of benzene rings is 2. The normalized spacial score (nSPS) is 11.0. The Morgan fingerprint density at radius 1 is 1.20 bits per heavy atom. The number of carbonyl (C=O) groups excluding carboxylic acids is 1. The van der Waals surface area contributed by atoms with Gasteiger partial charge < -0.3 is 15.0 Å². The molecule has 0 saturated carbocycles. The van der Waals surface area contributed by atoms with Gasteiger partial charge in [0.25, 0.3) is 0 Å². The van der Waals surface area contributed by atoms with E-state index in [2.05, 4.69) is 38.4 Å². The van der Waals surface area contributed by atoms with Crippen molar-refractivity contribution in [2.45, 2.75) is 26.5 Å². The van der Waals surface area contributed by atoms with Crippen LogP contribution in [0.25, 0.3) is 10.9 Å². The van der Waals surface area contributed by atoms with Crippen molar-refractivity contribution in [2.75, 3.05) is 7.11 Å². The van der Waals surface area contributed by atoms with Crippen LogP contribution in [0.15, 0.2) is 46.9 Å². The number of aromatic nitrogens is 1. The molecule has 130 valence electrons. The van der Waals surface area contributed by atoms with E-state index < -0.39 is 0 Å². The number of rotatable bonds is 6. The quantitative estimate of drug-likeness (QED) is 0.649. The van der Waals surface area contributed by atoms with Gasteiger partial charge >= 0.3 is 0 Å². The number of aromatic amines is 1. The molecule has 0 aliphatic heterocycles. The zero-order chi connectivity index (χ0) is 17.8. The largest absolute Gasteiger partial charge is 0.380 e. The molecule has 2 N–H and O–H groups in total.